The summed E-state index contributed by atoms with van der Waals surface area (Å²) in [6.45, 7) is 4.46. The summed E-state index contributed by atoms with van der Waals surface area (Å²) in [5, 5.41) is 9.06. The van der Waals surface area contributed by atoms with Gasteiger partial charge in [-0.1, -0.05) is 29.3 Å². The second kappa shape index (κ2) is 5.29. The first-order valence-corrected chi connectivity index (χ1v) is 5.40. The monoisotopic (exact) mass is 207 g/mol. The van der Waals surface area contributed by atoms with Crippen molar-refractivity contribution < 1.29 is 5.11 Å². The van der Waals surface area contributed by atoms with Gasteiger partial charge in [-0.25, -0.2) is 0 Å². The van der Waals surface area contributed by atoms with E-state index in [-0.39, 0.29) is 6.61 Å². The fourth-order valence-corrected chi connectivity index (χ4v) is 2.05. The zero-order valence-electron chi connectivity index (χ0n) is 10.1. The van der Waals surface area contributed by atoms with E-state index in [0.29, 0.717) is 6.04 Å². The lowest BCUT2D eigenvalue weighted by Crippen LogP contribution is -2.21. The van der Waals surface area contributed by atoms with Gasteiger partial charge in [0.2, 0.25) is 0 Å². The third-order valence-corrected chi connectivity index (χ3v) is 2.65. The Morgan fingerprint density at radius 1 is 1.13 bits per heavy atom. The van der Waals surface area contributed by atoms with Gasteiger partial charge in [0.25, 0.3) is 0 Å². The van der Waals surface area contributed by atoms with E-state index >= 15 is 0 Å². The van der Waals surface area contributed by atoms with Crippen LogP contribution in [0.5, 0.6) is 0 Å². The van der Waals surface area contributed by atoms with Crippen molar-refractivity contribution in [2.24, 2.45) is 0 Å². The standard InChI is InChI=1S/C13H21NO/c1-10-7-11(2)9-12(8-10)13(5-6-15)14(3)4/h7-9,13,15H,5-6H2,1-4H3. The zero-order valence-corrected chi connectivity index (χ0v) is 10.1. The summed E-state index contributed by atoms with van der Waals surface area (Å²) in [6, 6.07) is 6.89. The molecular weight excluding hydrogens is 186 g/mol. The first-order valence-electron chi connectivity index (χ1n) is 5.40. The van der Waals surface area contributed by atoms with Crippen molar-refractivity contribution in [3.63, 3.8) is 0 Å². The predicted molar refractivity (Wildman–Crippen MR) is 64.0 cm³/mol. The number of rotatable bonds is 4. The summed E-state index contributed by atoms with van der Waals surface area (Å²) < 4.78 is 0. The molecule has 0 spiro atoms. The summed E-state index contributed by atoms with van der Waals surface area (Å²) in [5.74, 6) is 0. The maximum Gasteiger partial charge on any atom is 0.0449 e. The molecule has 0 aliphatic heterocycles. The minimum Gasteiger partial charge on any atom is -0.396 e. The molecule has 1 unspecified atom stereocenters. The van der Waals surface area contributed by atoms with E-state index in [0.717, 1.165) is 6.42 Å². The third-order valence-electron chi connectivity index (χ3n) is 2.65. The van der Waals surface area contributed by atoms with Crippen molar-refractivity contribution >= 4 is 0 Å². The van der Waals surface area contributed by atoms with E-state index in [1.165, 1.54) is 16.7 Å². The molecular formula is C13H21NO. The van der Waals surface area contributed by atoms with Crippen LogP contribution in [0, 0.1) is 13.8 Å². The molecule has 0 aliphatic rings. The summed E-state index contributed by atoms with van der Waals surface area (Å²) in [5.41, 5.74) is 3.87. The number of aryl methyl sites for hydroxylation is 2. The molecule has 1 aromatic rings. The topological polar surface area (TPSA) is 23.5 Å². The van der Waals surface area contributed by atoms with Gasteiger partial charge in [-0.3, -0.25) is 0 Å². The Balaban J connectivity index is 2.99. The normalized spacial score (nSPS) is 13.2. The van der Waals surface area contributed by atoms with E-state index in [1.54, 1.807) is 0 Å². The number of aliphatic hydroxyl groups is 1. The smallest absolute Gasteiger partial charge is 0.0449 e. The molecule has 0 saturated carbocycles. The molecule has 0 aromatic heterocycles. The highest BCUT2D eigenvalue weighted by Gasteiger charge is 2.13. The van der Waals surface area contributed by atoms with E-state index in [1.807, 2.05) is 0 Å². The van der Waals surface area contributed by atoms with Gasteiger partial charge in [-0.2, -0.15) is 0 Å². The van der Waals surface area contributed by atoms with Crippen LogP contribution in [0.4, 0.5) is 0 Å². The quantitative estimate of drug-likeness (QED) is 0.819. The highest BCUT2D eigenvalue weighted by Crippen LogP contribution is 2.23. The first kappa shape index (κ1) is 12.2. The molecule has 1 N–H and O–H groups in total. The molecule has 1 aromatic carbocycles. The van der Waals surface area contributed by atoms with Crippen molar-refractivity contribution in [1.82, 2.24) is 4.90 Å². The van der Waals surface area contributed by atoms with Gasteiger partial charge in [-0.15, -0.1) is 0 Å². The number of hydrogen-bond donors (Lipinski definition) is 1. The van der Waals surface area contributed by atoms with E-state index < -0.39 is 0 Å². The Kier molecular flexibility index (Phi) is 4.30. The maximum atomic E-state index is 9.06. The Morgan fingerprint density at radius 2 is 1.67 bits per heavy atom. The molecule has 0 bridgehead atoms. The average molecular weight is 207 g/mol. The van der Waals surface area contributed by atoms with Gasteiger partial charge >= 0.3 is 0 Å². The summed E-state index contributed by atoms with van der Waals surface area (Å²) in [7, 11) is 4.11. The third kappa shape index (κ3) is 3.33. The molecule has 0 aliphatic carbocycles. The molecule has 2 heteroatoms. The Hall–Kier alpha value is -0.860. The van der Waals surface area contributed by atoms with Crippen molar-refractivity contribution in [2.75, 3.05) is 20.7 Å². The van der Waals surface area contributed by atoms with Crippen LogP contribution in [0.25, 0.3) is 0 Å². The number of hydrogen-bond acceptors (Lipinski definition) is 2. The van der Waals surface area contributed by atoms with Crippen molar-refractivity contribution in [2.45, 2.75) is 26.3 Å². The van der Waals surface area contributed by atoms with E-state index in [2.05, 4.69) is 51.0 Å². The van der Waals surface area contributed by atoms with Crippen LogP contribution in [0.3, 0.4) is 0 Å². The highest BCUT2D eigenvalue weighted by atomic mass is 16.3. The van der Waals surface area contributed by atoms with Gasteiger partial charge in [0, 0.05) is 12.6 Å². The summed E-state index contributed by atoms with van der Waals surface area (Å²) >= 11 is 0. The van der Waals surface area contributed by atoms with Crippen LogP contribution >= 0.6 is 0 Å². The molecule has 0 amide bonds. The number of aliphatic hydroxyl groups excluding tert-OH is 1. The molecule has 0 radical (unpaired) electrons. The average Bonchev–Trinajstić information content (AvgIpc) is 2.11. The second-order valence-electron chi connectivity index (χ2n) is 4.41. The van der Waals surface area contributed by atoms with Gasteiger partial charge in [0.05, 0.1) is 0 Å². The fourth-order valence-electron chi connectivity index (χ4n) is 2.05. The van der Waals surface area contributed by atoms with Gasteiger partial charge < -0.3 is 10.0 Å². The number of nitrogens with zero attached hydrogens (tertiary/aromatic N) is 1. The predicted octanol–water partition coefficient (Wildman–Crippen LogP) is 2.29. The van der Waals surface area contributed by atoms with Gasteiger partial charge in [0.15, 0.2) is 0 Å². The van der Waals surface area contributed by atoms with E-state index in [9.17, 15) is 0 Å². The van der Waals surface area contributed by atoms with Gasteiger partial charge in [-0.05, 0) is 39.9 Å². The Morgan fingerprint density at radius 3 is 2.07 bits per heavy atom. The minimum absolute atomic E-state index is 0.232. The largest absolute Gasteiger partial charge is 0.396 e. The van der Waals surface area contributed by atoms with Crippen LogP contribution in [0.15, 0.2) is 18.2 Å². The molecule has 1 rings (SSSR count). The van der Waals surface area contributed by atoms with Crippen LogP contribution in [0.2, 0.25) is 0 Å². The van der Waals surface area contributed by atoms with Crippen LogP contribution in [-0.2, 0) is 0 Å². The summed E-state index contributed by atoms with van der Waals surface area (Å²) in [4.78, 5) is 2.16. The van der Waals surface area contributed by atoms with Crippen LogP contribution in [0.1, 0.15) is 29.2 Å². The van der Waals surface area contributed by atoms with Crippen molar-refractivity contribution in [1.29, 1.82) is 0 Å². The van der Waals surface area contributed by atoms with Crippen molar-refractivity contribution in [3.05, 3.63) is 34.9 Å². The minimum atomic E-state index is 0.232. The molecule has 84 valence electrons. The molecule has 0 fully saturated rings. The molecule has 2 nitrogen and oxygen atoms in total. The second-order valence-corrected chi connectivity index (χ2v) is 4.41. The number of benzene rings is 1. The lowest BCUT2D eigenvalue weighted by Gasteiger charge is -2.24. The molecule has 15 heavy (non-hydrogen) atoms. The SMILES string of the molecule is Cc1cc(C)cc(C(CCO)N(C)C)c1. The van der Waals surface area contributed by atoms with Gasteiger partial charge in [0.1, 0.15) is 0 Å². The molecule has 1 atom stereocenters. The lowest BCUT2D eigenvalue weighted by atomic mass is 9.99. The lowest BCUT2D eigenvalue weighted by molar-refractivity contribution is 0.210. The Bertz CT molecular complexity index is 300. The molecule has 0 heterocycles. The molecule has 0 saturated heterocycles. The Labute approximate surface area is 92.5 Å². The summed E-state index contributed by atoms with van der Waals surface area (Å²) in [6.07, 6.45) is 0.788. The van der Waals surface area contributed by atoms with Crippen molar-refractivity contribution in [3.8, 4) is 0 Å². The first-order chi connectivity index (χ1) is 7.04. The van der Waals surface area contributed by atoms with Crippen LogP contribution in [-0.4, -0.2) is 30.7 Å². The van der Waals surface area contributed by atoms with Crippen LogP contribution < -0.4 is 0 Å². The highest BCUT2D eigenvalue weighted by molar-refractivity contribution is 5.30. The van der Waals surface area contributed by atoms with E-state index in [4.69, 9.17) is 5.11 Å². The zero-order chi connectivity index (χ0) is 11.4. The maximum absolute atomic E-state index is 9.06. The fraction of sp³-hybridized carbons (Fsp3) is 0.538.